The molecule has 0 bridgehead atoms. The monoisotopic (exact) mass is 331 g/mol. The van der Waals surface area contributed by atoms with Crippen LogP contribution in [0, 0.1) is 0 Å². The van der Waals surface area contributed by atoms with Gasteiger partial charge in [-0.3, -0.25) is 0 Å². The van der Waals surface area contributed by atoms with Crippen LogP contribution in [0.3, 0.4) is 0 Å². The largest absolute Gasteiger partial charge is 0.383 e. The molecule has 0 radical (unpaired) electrons. The molecule has 2 heterocycles. The fraction of sp³-hybridized carbons (Fsp3) is 0.846. The van der Waals surface area contributed by atoms with Gasteiger partial charge in [0.15, 0.2) is 0 Å². The Labute approximate surface area is 132 Å². The van der Waals surface area contributed by atoms with E-state index in [1.165, 1.54) is 4.31 Å². The zero-order valence-corrected chi connectivity index (χ0v) is 14.1. The Morgan fingerprint density at radius 1 is 1.27 bits per heavy atom. The Kier molecular flexibility index (Phi) is 6.30. The molecule has 0 saturated carbocycles. The molecule has 0 aromatic carbocycles. The van der Waals surface area contributed by atoms with Gasteiger partial charge in [0.25, 0.3) is 10.2 Å². The highest BCUT2D eigenvalue weighted by Crippen LogP contribution is 2.16. The Hall–Kier alpha value is -1.03. The summed E-state index contributed by atoms with van der Waals surface area (Å²) < 4.78 is 35.1. The van der Waals surface area contributed by atoms with Crippen molar-refractivity contribution >= 4 is 10.2 Å². The Morgan fingerprint density at radius 2 is 1.95 bits per heavy atom. The second-order valence-electron chi connectivity index (χ2n) is 5.51. The van der Waals surface area contributed by atoms with Crippen molar-refractivity contribution < 1.29 is 13.2 Å². The van der Waals surface area contributed by atoms with Gasteiger partial charge in [-0.15, -0.1) is 10.2 Å². The highest BCUT2D eigenvalue weighted by Gasteiger charge is 2.28. The fourth-order valence-electron chi connectivity index (χ4n) is 2.53. The van der Waals surface area contributed by atoms with Crippen molar-refractivity contribution in [2.45, 2.75) is 38.8 Å². The van der Waals surface area contributed by atoms with E-state index in [0.717, 1.165) is 25.7 Å². The van der Waals surface area contributed by atoms with Crippen LogP contribution in [0.5, 0.6) is 0 Å². The third kappa shape index (κ3) is 4.25. The summed E-state index contributed by atoms with van der Waals surface area (Å²) >= 11 is 0. The van der Waals surface area contributed by atoms with Gasteiger partial charge in [0.05, 0.1) is 13.2 Å². The zero-order chi connectivity index (χ0) is 16.0. The summed E-state index contributed by atoms with van der Waals surface area (Å²) in [6.45, 7) is 2.55. The molecule has 1 aromatic rings. The van der Waals surface area contributed by atoms with Crippen LogP contribution in [0.4, 0.5) is 0 Å². The average Bonchev–Trinajstić information content (AvgIpc) is 2.76. The topological polar surface area (TPSA) is 80.6 Å². The lowest BCUT2D eigenvalue weighted by Crippen LogP contribution is -2.42. The zero-order valence-electron chi connectivity index (χ0n) is 13.3. The first-order valence-electron chi connectivity index (χ1n) is 7.62. The highest BCUT2D eigenvalue weighted by molar-refractivity contribution is 7.86. The molecule has 8 nitrogen and oxygen atoms in total. The number of rotatable bonds is 7. The van der Waals surface area contributed by atoms with Crippen molar-refractivity contribution in [2.75, 3.05) is 33.9 Å². The molecule has 1 aromatic heterocycles. The van der Waals surface area contributed by atoms with Gasteiger partial charge in [-0.2, -0.15) is 17.0 Å². The normalized spacial score (nSPS) is 17.8. The van der Waals surface area contributed by atoms with E-state index < -0.39 is 10.2 Å². The molecule has 0 amide bonds. The van der Waals surface area contributed by atoms with Crippen LogP contribution in [0.1, 0.15) is 31.5 Å². The standard InChI is InChI=1S/C13H25N5O3S/c1-16(11-13-15-14-12-17(13)9-10-21-2)22(19,20)18-7-5-3-4-6-8-18/h12H,3-11H2,1-2H3. The first-order valence-corrected chi connectivity index (χ1v) is 9.02. The van der Waals surface area contributed by atoms with E-state index in [0.29, 0.717) is 32.1 Å². The van der Waals surface area contributed by atoms with Crippen LogP contribution < -0.4 is 0 Å². The molecular weight excluding hydrogens is 306 g/mol. The predicted molar refractivity (Wildman–Crippen MR) is 82.3 cm³/mol. The second-order valence-corrected chi connectivity index (χ2v) is 7.55. The van der Waals surface area contributed by atoms with E-state index in [9.17, 15) is 8.42 Å². The van der Waals surface area contributed by atoms with Crippen molar-refractivity contribution in [2.24, 2.45) is 0 Å². The summed E-state index contributed by atoms with van der Waals surface area (Å²) in [6.07, 6.45) is 5.65. The maximum atomic E-state index is 12.7. The minimum atomic E-state index is -3.44. The molecule has 1 aliphatic heterocycles. The third-order valence-electron chi connectivity index (χ3n) is 3.88. The lowest BCUT2D eigenvalue weighted by Gasteiger charge is -2.26. The fourth-order valence-corrected chi connectivity index (χ4v) is 3.92. The van der Waals surface area contributed by atoms with E-state index in [-0.39, 0.29) is 6.54 Å². The summed E-state index contributed by atoms with van der Waals surface area (Å²) in [7, 11) is -0.227. The van der Waals surface area contributed by atoms with Crippen LogP contribution >= 0.6 is 0 Å². The molecule has 0 atom stereocenters. The molecule has 0 aliphatic carbocycles. The first-order chi connectivity index (χ1) is 10.6. The Morgan fingerprint density at radius 3 is 2.59 bits per heavy atom. The van der Waals surface area contributed by atoms with Crippen molar-refractivity contribution in [1.29, 1.82) is 0 Å². The summed E-state index contributed by atoms with van der Waals surface area (Å²) in [4.78, 5) is 0. The number of hydrogen-bond acceptors (Lipinski definition) is 5. The molecule has 1 fully saturated rings. The SMILES string of the molecule is COCCn1cnnc1CN(C)S(=O)(=O)N1CCCCCC1. The predicted octanol–water partition coefficient (Wildman–Crippen LogP) is 0.477. The van der Waals surface area contributed by atoms with Crippen molar-refractivity contribution in [1.82, 2.24) is 23.4 Å². The Balaban J connectivity index is 2.04. The molecule has 0 N–H and O–H groups in total. The van der Waals surface area contributed by atoms with E-state index in [2.05, 4.69) is 10.2 Å². The summed E-state index contributed by atoms with van der Waals surface area (Å²) in [5.41, 5.74) is 0. The Bertz CT molecular complexity index is 552. The van der Waals surface area contributed by atoms with Gasteiger partial charge < -0.3 is 9.30 Å². The van der Waals surface area contributed by atoms with Gasteiger partial charge in [0, 0.05) is 33.8 Å². The van der Waals surface area contributed by atoms with Gasteiger partial charge in [-0.05, 0) is 12.8 Å². The van der Waals surface area contributed by atoms with Gasteiger partial charge in [0.2, 0.25) is 0 Å². The molecule has 9 heteroatoms. The molecule has 0 spiro atoms. The number of hydrogen-bond donors (Lipinski definition) is 0. The average molecular weight is 331 g/mol. The van der Waals surface area contributed by atoms with Crippen LogP contribution in [0.2, 0.25) is 0 Å². The summed E-state index contributed by atoms with van der Waals surface area (Å²) in [6, 6.07) is 0. The molecule has 126 valence electrons. The van der Waals surface area contributed by atoms with Crippen molar-refractivity contribution in [3.8, 4) is 0 Å². The van der Waals surface area contributed by atoms with Crippen molar-refractivity contribution in [3.63, 3.8) is 0 Å². The van der Waals surface area contributed by atoms with Crippen LogP contribution in [-0.2, 0) is 28.0 Å². The van der Waals surface area contributed by atoms with E-state index >= 15 is 0 Å². The number of methoxy groups -OCH3 is 1. The first kappa shape index (κ1) is 17.3. The number of aromatic nitrogens is 3. The minimum absolute atomic E-state index is 0.211. The van der Waals surface area contributed by atoms with Crippen LogP contribution in [0.15, 0.2) is 6.33 Å². The lowest BCUT2D eigenvalue weighted by molar-refractivity contribution is 0.185. The number of nitrogens with zero attached hydrogens (tertiary/aromatic N) is 5. The molecule has 22 heavy (non-hydrogen) atoms. The lowest BCUT2D eigenvalue weighted by atomic mass is 10.2. The highest BCUT2D eigenvalue weighted by atomic mass is 32.2. The molecule has 1 saturated heterocycles. The van der Waals surface area contributed by atoms with Crippen molar-refractivity contribution in [3.05, 3.63) is 12.2 Å². The summed E-state index contributed by atoms with van der Waals surface area (Å²) in [5.74, 6) is 0.623. The van der Waals surface area contributed by atoms with Crippen LogP contribution in [0.25, 0.3) is 0 Å². The van der Waals surface area contributed by atoms with E-state index in [4.69, 9.17) is 4.74 Å². The molecular formula is C13H25N5O3S. The van der Waals surface area contributed by atoms with Gasteiger partial charge in [-0.1, -0.05) is 12.8 Å². The van der Waals surface area contributed by atoms with Crippen LogP contribution in [-0.4, -0.2) is 65.6 Å². The van der Waals surface area contributed by atoms with E-state index in [1.54, 1.807) is 24.8 Å². The smallest absolute Gasteiger partial charge is 0.282 e. The van der Waals surface area contributed by atoms with E-state index in [1.807, 2.05) is 4.57 Å². The van der Waals surface area contributed by atoms with Gasteiger partial charge in [-0.25, -0.2) is 0 Å². The minimum Gasteiger partial charge on any atom is -0.383 e. The molecule has 2 rings (SSSR count). The maximum Gasteiger partial charge on any atom is 0.282 e. The van der Waals surface area contributed by atoms with Gasteiger partial charge in [0.1, 0.15) is 12.2 Å². The maximum absolute atomic E-state index is 12.7. The quantitative estimate of drug-likeness (QED) is 0.726. The molecule has 1 aliphatic rings. The molecule has 0 unspecified atom stereocenters. The second kappa shape index (κ2) is 8.00. The third-order valence-corrected chi connectivity index (χ3v) is 5.82. The number of ether oxygens (including phenoxy) is 1. The summed E-state index contributed by atoms with van der Waals surface area (Å²) in [5, 5.41) is 7.88. The van der Waals surface area contributed by atoms with Gasteiger partial charge >= 0.3 is 0 Å².